The predicted molar refractivity (Wildman–Crippen MR) is 154 cm³/mol. The number of benzene rings is 2. The molecule has 2 aromatic rings. The zero-order chi connectivity index (χ0) is 30.8. The number of primary amides is 1. The third-order valence-corrected chi connectivity index (χ3v) is 8.70. The summed E-state index contributed by atoms with van der Waals surface area (Å²) in [4.78, 5) is 43.1. The second kappa shape index (κ2) is 10.3. The lowest BCUT2D eigenvalue weighted by Gasteiger charge is -2.50. The molecular formula is C31H35N3O8. The first-order valence-corrected chi connectivity index (χ1v) is 13.6. The Bertz CT molecular complexity index is 1570. The second-order valence-corrected chi connectivity index (χ2v) is 11.7. The summed E-state index contributed by atoms with van der Waals surface area (Å²) in [6, 6.07) is 7.74. The average Bonchev–Trinajstić information content (AvgIpc) is 2.91. The number of rotatable bonds is 6. The summed E-state index contributed by atoms with van der Waals surface area (Å²) in [5, 5.41) is 46.1. The maximum Gasteiger partial charge on any atom is 0.255 e. The Morgan fingerprint density at radius 3 is 2.29 bits per heavy atom. The molecule has 5 rings (SSSR count). The van der Waals surface area contributed by atoms with Crippen LogP contribution in [0.4, 0.5) is 0 Å². The molecule has 0 bridgehead atoms. The highest BCUT2D eigenvalue weighted by molar-refractivity contribution is 6.24. The fourth-order valence-electron chi connectivity index (χ4n) is 6.86. The number of carbonyl (C=O) groups excluding carboxylic acids is 3. The van der Waals surface area contributed by atoms with E-state index in [9.17, 15) is 34.8 Å². The molecule has 0 aliphatic heterocycles. The monoisotopic (exact) mass is 577 g/mol. The van der Waals surface area contributed by atoms with E-state index in [-0.39, 0.29) is 29.7 Å². The first-order chi connectivity index (χ1) is 19.7. The summed E-state index contributed by atoms with van der Waals surface area (Å²) < 4.78 is 5.25. The molecule has 1 fully saturated rings. The number of likely N-dealkylation sites (N-methyl/N-ethyl adjacent to an activating group) is 1. The van der Waals surface area contributed by atoms with Crippen molar-refractivity contribution in [1.29, 1.82) is 0 Å². The smallest absolute Gasteiger partial charge is 0.255 e. The van der Waals surface area contributed by atoms with Crippen LogP contribution in [0.2, 0.25) is 0 Å². The van der Waals surface area contributed by atoms with Crippen LogP contribution < -0.4 is 10.5 Å². The van der Waals surface area contributed by atoms with Crippen LogP contribution in [0, 0.1) is 11.8 Å². The van der Waals surface area contributed by atoms with Gasteiger partial charge in [-0.3, -0.25) is 19.3 Å². The molecule has 0 aromatic heterocycles. The van der Waals surface area contributed by atoms with Gasteiger partial charge in [-0.15, -0.1) is 0 Å². The van der Waals surface area contributed by atoms with Gasteiger partial charge in [-0.1, -0.05) is 12.1 Å². The van der Waals surface area contributed by atoms with Crippen LogP contribution >= 0.6 is 0 Å². The molecule has 3 aliphatic carbocycles. The number of aliphatic hydroxyl groups is 3. The normalized spacial score (nSPS) is 25.5. The van der Waals surface area contributed by atoms with E-state index in [4.69, 9.17) is 10.5 Å². The van der Waals surface area contributed by atoms with E-state index in [1.165, 1.54) is 4.90 Å². The lowest BCUT2D eigenvalue weighted by molar-refractivity contribution is -0.153. The van der Waals surface area contributed by atoms with Crippen molar-refractivity contribution in [2.24, 2.45) is 17.6 Å². The number of carbonyl (C=O) groups is 3. The number of hydrogen-bond donors (Lipinski definition) is 5. The van der Waals surface area contributed by atoms with Crippen molar-refractivity contribution in [3.63, 3.8) is 0 Å². The van der Waals surface area contributed by atoms with Crippen molar-refractivity contribution in [3.05, 3.63) is 63.9 Å². The first-order valence-electron chi connectivity index (χ1n) is 13.6. The van der Waals surface area contributed by atoms with Crippen molar-refractivity contribution in [1.82, 2.24) is 9.80 Å². The molecule has 4 atom stereocenters. The lowest BCUT2D eigenvalue weighted by atomic mass is 9.57. The van der Waals surface area contributed by atoms with Gasteiger partial charge in [-0.2, -0.15) is 0 Å². The van der Waals surface area contributed by atoms with Crippen molar-refractivity contribution in [2.45, 2.75) is 31.0 Å². The van der Waals surface area contributed by atoms with E-state index in [1.807, 2.05) is 25.1 Å². The largest absolute Gasteiger partial charge is 0.508 e. The topological polar surface area (TPSA) is 174 Å². The molecule has 0 radical (unpaired) electrons. The lowest BCUT2D eigenvalue weighted by Crippen LogP contribution is -2.65. The molecule has 1 saturated carbocycles. The van der Waals surface area contributed by atoms with Gasteiger partial charge in [0.2, 0.25) is 5.78 Å². The Morgan fingerprint density at radius 2 is 1.74 bits per heavy atom. The van der Waals surface area contributed by atoms with Crippen LogP contribution in [0.1, 0.15) is 23.1 Å². The molecule has 42 heavy (non-hydrogen) atoms. The molecule has 6 N–H and O–H groups in total. The highest BCUT2D eigenvalue weighted by Gasteiger charge is 2.64. The van der Waals surface area contributed by atoms with Crippen molar-refractivity contribution < 1.29 is 39.5 Å². The standard InChI is InChI=1S/C31H35N3O8/c1-33(2)13-16-11-19(14-6-8-17(42-5)9-7-14)25(35)22-18(16)10-15-12-20-24(34(3)4)27(37)23(30(32)40)29(39)31(20,41)28(38)21(15)26(22)36/h6-9,11,15,20,24,35-36,39,41H,10,12-13H2,1-5H3,(H2,32,40)/t15-,20-,24-,31-/m0/s1. The number of aromatic hydroxyl groups is 1. The van der Waals surface area contributed by atoms with Gasteiger partial charge in [0.25, 0.3) is 5.91 Å². The minimum absolute atomic E-state index is 0.0359. The molecule has 11 heteroatoms. The Balaban J connectivity index is 1.75. The number of ether oxygens (including phenoxy) is 1. The third kappa shape index (κ3) is 4.19. The van der Waals surface area contributed by atoms with E-state index in [0.717, 1.165) is 5.56 Å². The predicted octanol–water partition coefficient (Wildman–Crippen LogP) is 1.70. The molecule has 3 aliphatic rings. The number of aliphatic hydroxyl groups excluding tert-OH is 2. The maximum atomic E-state index is 14.1. The molecule has 0 unspecified atom stereocenters. The second-order valence-electron chi connectivity index (χ2n) is 11.7. The van der Waals surface area contributed by atoms with Gasteiger partial charge in [-0.25, -0.2) is 0 Å². The number of amides is 1. The highest BCUT2D eigenvalue weighted by Crippen LogP contribution is 2.54. The van der Waals surface area contributed by atoms with Crippen molar-refractivity contribution >= 4 is 23.2 Å². The van der Waals surface area contributed by atoms with Crippen LogP contribution in [0.15, 0.2) is 47.2 Å². The van der Waals surface area contributed by atoms with Gasteiger partial charge in [0.05, 0.1) is 18.7 Å². The molecule has 222 valence electrons. The first kappa shape index (κ1) is 29.3. The number of Topliss-reactive ketones (excluding diaryl/α,β-unsaturated/α-hetero) is 2. The molecule has 11 nitrogen and oxygen atoms in total. The van der Waals surface area contributed by atoms with Crippen LogP contribution in [-0.4, -0.2) is 94.6 Å². The summed E-state index contributed by atoms with van der Waals surface area (Å²) in [6.07, 6.45) is 0.266. The van der Waals surface area contributed by atoms with E-state index in [0.29, 0.717) is 29.0 Å². The number of ketones is 2. The van der Waals surface area contributed by atoms with Crippen LogP contribution in [0.25, 0.3) is 16.9 Å². The molecule has 0 saturated heterocycles. The number of phenolic OH excluding ortho intramolecular Hbond substituents is 1. The number of hydrogen-bond acceptors (Lipinski definition) is 10. The quantitative estimate of drug-likeness (QED) is 0.318. The summed E-state index contributed by atoms with van der Waals surface area (Å²) >= 11 is 0. The minimum atomic E-state index is -2.68. The Morgan fingerprint density at radius 1 is 1.10 bits per heavy atom. The zero-order valence-corrected chi connectivity index (χ0v) is 24.1. The summed E-state index contributed by atoms with van der Waals surface area (Å²) in [6.45, 7) is 0.465. The number of nitrogens with zero attached hydrogens (tertiary/aromatic N) is 2. The van der Waals surface area contributed by atoms with E-state index < -0.39 is 58.0 Å². The van der Waals surface area contributed by atoms with Crippen LogP contribution in [0.5, 0.6) is 11.5 Å². The van der Waals surface area contributed by atoms with Gasteiger partial charge in [0, 0.05) is 23.6 Å². The van der Waals surface area contributed by atoms with Crippen LogP contribution in [-0.2, 0) is 27.3 Å². The number of fused-ring (bicyclic) bond motifs is 3. The van der Waals surface area contributed by atoms with Crippen LogP contribution in [0.3, 0.4) is 0 Å². The Kier molecular flexibility index (Phi) is 7.16. The summed E-state index contributed by atoms with van der Waals surface area (Å²) in [5.41, 5.74) is 4.30. The van der Waals surface area contributed by atoms with E-state index in [1.54, 1.807) is 45.5 Å². The van der Waals surface area contributed by atoms with Gasteiger partial charge in [0.1, 0.15) is 28.6 Å². The fourth-order valence-corrected chi connectivity index (χ4v) is 6.86. The highest BCUT2D eigenvalue weighted by atomic mass is 16.5. The van der Waals surface area contributed by atoms with Gasteiger partial charge < -0.3 is 35.8 Å². The Hall–Kier alpha value is -4.19. The molecule has 1 amide bonds. The van der Waals surface area contributed by atoms with Crippen molar-refractivity contribution in [2.75, 3.05) is 35.3 Å². The molecule has 0 spiro atoms. The van der Waals surface area contributed by atoms with Gasteiger partial charge >= 0.3 is 0 Å². The molecular weight excluding hydrogens is 542 g/mol. The molecule has 0 heterocycles. The zero-order valence-electron chi connectivity index (χ0n) is 24.1. The van der Waals surface area contributed by atoms with Gasteiger partial charge in [0.15, 0.2) is 11.4 Å². The third-order valence-electron chi connectivity index (χ3n) is 8.70. The maximum absolute atomic E-state index is 14.1. The van der Waals surface area contributed by atoms with E-state index in [2.05, 4.69) is 0 Å². The fraction of sp³-hybridized carbons (Fsp3) is 0.387. The number of methoxy groups -OCH3 is 1. The SMILES string of the molecule is COc1ccc(-c2cc(CN(C)C)c3c(c2O)C(O)=C2C(=O)[C@]4(O)C(O)=C(C(N)=O)C(=O)[C@@H](N(C)C)[C@@H]4C[C@@H]2C3)cc1. The molecule has 2 aromatic carbocycles. The number of nitrogens with two attached hydrogens (primary N) is 1. The average molecular weight is 578 g/mol. The van der Waals surface area contributed by atoms with Crippen molar-refractivity contribution in [3.8, 4) is 22.6 Å². The van der Waals surface area contributed by atoms with E-state index >= 15 is 0 Å². The Labute approximate surface area is 243 Å². The number of phenols is 1. The summed E-state index contributed by atoms with van der Waals surface area (Å²) in [5.74, 6) is -6.10. The van der Waals surface area contributed by atoms with Gasteiger partial charge in [-0.05, 0) is 81.8 Å². The minimum Gasteiger partial charge on any atom is -0.508 e. The summed E-state index contributed by atoms with van der Waals surface area (Å²) in [7, 11) is 8.47.